The average molecular weight is 310 g/mol. The summed E-state index contributed by atoms with van der Waals surface area (Å²) < 4.78 is 37.1. The summed E-state index contributed by atoms with van der Waals surface area (Å²) in [4.78, 5) is 24.3. The molecule has 21 heavy (non-hydrogen) atoms. The molecule has 3 atom stereocenters. The van der Waals surface area contributed by atoms with E-state index in [2.05, 4.69) is 5.32 Å². The van der Waals surface area contributed by atoms with Gasteiger partial charge in [0.05, 0.1) is 12.3 Å². The van der Waals surface area contributed by atoms with Crippen LogP contribution in [0, 0.1) is 11.8 Å². The molecular weight excluding hydrogens is 289 g/mol. The van der Waals surface area contributed by atoms with Crippen LogP contribution in [0.5, 0.6) is 0 Å². The van der Waals surface area contributed by atoms with Crippen molar-refractivity contribution in [3.63, 3.8) is 0 Å². The highest BCUT2D eigenvalue weighted by molar-refractivity contribution is 5.76. The number of carbonyl (C=O) groups is 2. The van der Waals surface area contributed by atoms with E-state index >= 15 is 0 Å². The van der Waals surface area contributed by atoms with Gasteiger partial charge < -0.3 is 15.3 Å². The molecule has 1 fully saturated rings. The van der Waals surface area contributed by atoms with Crippen LogP contribution >= 0.6 is 0 Å². The molecule has 2 amide bonds. The van der Waals surface area contributed by atoms with Gasteiger partial charge in [0.1, 0.15) is 0 Å². The van der Waals surface area contributed by atoms with Crippen molar-refractivity contribution in [3.05, 3.63) is 0 Å². The minimum atomic E-state index is -4.34. The van der Waals surface area contributed by atoms with Gasteiger partial charge >= 0.3 is 18.2 Å². The van der Waals surface area contributed by atoms with Gasteiger partial charge in [0.15, 0.2) is 0 Å². The molecule has 0 saturated carbocycles. The number of carboxylic acids is 1. The van der Waals surface area contributed by atoms with Crippen LogP contribution in [0.2, 0.25) is 0 Å². The van der Waals surface area contributed by atoms with Crippen molar-refractivity contribution in [1.82, 2.24) is 10.2 Å². The Balaban J connectivity index is 2.62. The molecule has 0 aromatic heterocycles. The summed E-state index contributed by atoms with van der Waals surface area (Å²) in [6, 6.07) is -1.61. The Kier molecular flexibility index (Phi) is 5.86. The number of likely N-dealkylation sites (tertiary alicyclic amines) is 1. The molecule has 1 saturated heterocycles. The molecule has 0 aromatic carbocycles. The molecule has 1 rings (SSSR count). The first-order valence-corrected chi connectivity index (χ1v) is 6.97. The van der Waals surface area contributed by atoms with E-state index in [9.17, 15) is 22.8 Å². The second-order valence-corrected chi connectivity index (χ2v) is 5.65. The number of halogens is 3. The van der Waals surface area contributed by atoms with Gasteiger partial charge in [-0.25, -0.2) is 4.79 Å². The zero-order chi connectivity index (χ0) is 16.2. The van der Waals surface area contributed by atoms with E-state index in [4.69, 9.17) is 5.11 Å². The van der Waals surface area contributed by atoms with Crippen molar-refractivity contribution in [2.45, 2.75) is 45.3 Å². The van der Waals surface area contributed by atoms with Gasteiger partial charge in [-0.2, -0.15) is 13.2 Å². The second kappa shape index (κ2) is 7.00. The van der Waals surface area contributed by atoms with Gasteiger partial charge in [0.2, 0.25) is 0 Å². The first-order chi connectivity index (χ1) is 9.62. The van der Waals surface area contributed by atoms with Gasteiger partial charge in [-0.05, 0) is 18.8 Å². The summed E-state index contributed by atoms with van der Waals surface area (Å²) in [6.07, 6.45) is -4.79. The number of hydrogen-bond donors (Lipinski definition) is 2. The minimum absolute atomic E-state index is 0.00768. The Morgan fingerprint density at radius 2 is 2.00 bits per heavy atom. The van der Waals surface area contributed by atoms with Gasteiger partial charge in [-0.3, -0.25) is 4.79 Å². The number of aliphatic carboxylic acids is 1. The number of carbonyl (C=O) groups excluding carboxylic acids is 1. The zero-order valence-corrected chi connectivity index (χ0v) is 12.1. The summed E-state index contributed by atoms with van der Waals surface area (Å²) >= 11 is 0. The lowest BCUT2D eigenvalue weighted by atomic mass is 9.91. The second-order valence-electron chi connectivity index (χ2n) is 5.65. The van der Waals surface area contributed by atoms with E-state index in [-0.39, 0.29) is 18.9 Å². The van der Waals surface area contributed by atoms with Crippen LogP contribution in [0.4, 0.5) is 18.0 Å². The first kappa shape index (κ1) is 17.6. The SMILES string of the molecule is CCC(CC(F)(F)F)NC(=O)N1CC(C)CC(C(=O)O)C1. The summed E-state index contributed by atoms with van der Waals surface area (Å²) in [5, 5.41) is 11.4. The van der Waals surface area contributed by atoms with E-state index in [0.717, 1.165) is 0 Å². The molecule has 5 nitrogen and oxygen atoms in total. The molecule has 8 heteroatoms. The Labute approximate surface area is 121 Å². The molecule has 1 aliphatic rings. The van der Waals surface area contributed by atoms with Crippen LogP contribution in [-0.4, -0.2) is 47.3 Å². The standard InChI is InChI=1S/C13H21F3N2O3/c1-3-10(5-13(14,15)16)17-12(21)18-6-8(2)4-9(7-18)11(19)20/h8-10H,3-7H2,1-2H3,(H,17,21)(H,19,20). The maximum Gasteiger partial charge on any atom is 0.391 e. The van der Waals surface area contributed by atoms with E-state index in [1.807, 2.05) is 6.92 Å². The van der Waals surface area contributed by atoms with E-state index < -0.39 is 36.6 Å². The third-order valence-electron chi connectivity index (χ3n) is 3.59. The highest BCUT2D eigenvalue weighted by Crippen LogP contribution is 2.24. The quantitative estimate of drug-likeness (QED) is 0.838. The molecule has 0 aliphatic carbocycles. The van der Waals surface area contributed by atoms with Crippen LogP contribution in [0.3, 0.4) is 0 Å². The molecule has 1 aliphatic heterocycles. The zero-order valence-electron chi connectivity index (χ0n) is 12.1. The average Bonchev–Trinajstić information content (AvgIpc) is 2.35. The van der Waals surface area contributed by atoms with Crippen molar-refractivity contribution in [1.29, 1.82) is 0 Å². The Morgan fingerprint density at radius 1 is 1.38 bits per heavy atom. The highest BCUT2D eigenvalue weighted by Gasteiger charge is 2.35. The van der Waals surface area contributed by atoms with Gasteiger partial charge in [-0.15, -0.1) is 0 Å². The lowest BCUT2D eigenvalue weighted by molar-refractivity contribution is -0.143. The fraction of sp³-hybridized carbons (Fsp3) is 0.846. The fourth-order valence-corrected chi connectivity index (χ4v) is 2.54. The highest BCUT2D eigenvalue weighted by atomic mass is 19.4. The van der Waals surface area contributed by atoms with Gasteiger partial charge in [0.25, 0.3) is 0 Å². The smallest absolute Gasteiger partial charge is 0.391 e. The maximum atomic E-state index is 12.4. The molecule has 2 N–H and O–H groups in total. The predicted octanol–water partition coefficient (Wildman–Crippen LogP) is 2.47. The molecular formula is C13H21F3N2O3. The molecule has 0 spiro atoms. The topological polar surface area (TPSA) is 69.6 Å². The van der Waals surface area contributed by atoms with E-state index in [1.165, 1.54) is 4.90 Å². The summed E-state index contributed by atoms with van der Waals surface area (Å²) in [5.41, 5.74) is 0. The Bertz CT molecular complexity index is 387. The molecule has 3 unspecified atom stereocenters. The lowest BCUT2D eigenvalue weighted by Crippen LogP contribution is -2.52. The third kappa shape index (κ3) is 5.81. The van der Waals surface area contributed by atoms with Crippen molar-refractivity contribution < 1.29 is 27.9 Å². The first-order valence-electron chi connectivity index (χ1n) is 6.97. The Morgan fingerprint density at radius 3 is 2.48 bits per heavy atom. The van der Waals surface area contributed by atoms with Crippen LogP contribution in [-0.2, 0) is 4.79 Å². The number of hydrogen-bond acceptors (Lipinski definition) is 2. The van der Waals surface area contributed by atoms with Crippen molar-refractivity contribution in [2.24, 2.45) is 11.8 Å². The largest absolute Gasteiger partial charge is 0.481 e. The fourth-order valence-electron chi connectivity index (χ4n) is 2.54. The van der Waals surface area contributed by atoms with Crippen LogP contribution < -0.4 is 5.32 Å². The number of amides is 2. The predicted molar refractivity (Wildman–Crippen MR) is 69.8 cm³/mol. The van der Waals surface area contributed by atoms with Gasteiger partial charge in [0, 0.05) is 19.1 Å². The minimum Gasteiger partial charge on any atom is -0.481 e. The molecule has 0 aromatic rings. The maximum absolute atomic E-state index is 12.4. The third-order valence-corrected chi connectivity index (χ3v) is 3.59. The molecule has 122 valence electrons. The summed E-state index contributed by atoms with van der Waals surface area (Å²) in [6.45, 7) is 3.78. The molecule has 0 radical (unpaired) electrons. The number of piperidine rings is 1. The van der Waals surface area contributed by atoms with Crippen LogP contribution in [0.1, 0.15) is 33.1 Å². The Hall–Kier alpha value is -1.47. The lowest BCUT2D eigenvalue weighted by Gasteiger charge is -2.35. The number of rotatable bonds is 4. The monoisotopic (exact) mass is 310 g/mol. The molecule has 0 bridgehead atoms. The van der Waals surface area contributed by atoms with Gasteiger partial charge in [-0.1, -0.05) is 13.8 Å². The number of nitrogens with one attached hydrogen (secondary N) is 1. The number of urea groups is 1. The van der Waals surface area contributed by atoms with Crippen molar-refractivity contribution in [2.75, 3.05) is 13.1 Å². The van der Waals surface area contributed by atoms with Crippen LogP contribution in [0.15, 0.2) is 0 Å². The number of carboxylic acid groups (broad SMARTS) is 1. The molecule has 1 heterocycles. The van der Waals surface area contributed by atoms with Crippen LogP contribution in [0.25, 0.3) is 0 Å². The van der Waals surface area contributed by atoms with Crippen molar-refractivity contribution in [3.8, 4) is 0 Å². The van der Waals surface area contributed by atoms with E-state index in [0.29, 0.717) is 13.0 Å². The number of alkyl halides is 3. The van der Waals surface area contributed by atoms with E-state index in [1.54, 1.807) is 6.92 Å². The summed E-state index contributed by atoms with van der Waals surface area (Å²) in [5.74, 6) is -1.64. The summed E-state index contributed by atoms with van der Waals surface area (Å²) in [7, 11) is 0. The van der Waals surface area contributed by atoms with Crippen molar-refractivity contribution >= 4 is 12.0 Å². The number of nitrogens with zero attached hydrogens (tertiary/aromatic N) is 1. The normalized spacial score (nSPS) is 24.5.